The monoisotopic (exact) mass is 225 g/mol. The van der Waals surface area contributed by atoms with E-state index in [1.165, 1.54) is 4.90 Å². The Labute approximate surface area is 95.8 Å². The molecule has 0 aliphatic carbocycles. The van der Waals surface area contributed by atoms with E-state index >= 15 is 0 Å². The Morgan fingerprint density at radius 3 is 2.47 bits per heavy atom. The molecule has 1 aliphatic heterocycles. The van der Waals surface area contributed by atoms with Crippen LogP contribution >= 0.6 is 12.2 Å². The summed E-state index contributed by atoms with van der Waals surface area (Å²) in [4.78, 5) is 14.7. The first-order valence-electron chi connectivity index (χ1n) is 4.45. The van der Waals surface area contributed by atoms with Crippen LogP contribution in [0.3, 0.4) is 0 Å². The van der Waals surface area contributed by atoms with E-state index in [1.807, 2.05) is 0 Å². The van der Waals surface area contributed by atoms with E-state index in [2.05, 4.69) is 13.2 Å². The molecule has 1 rings (SSSR count). The van der Waals surface area contributed by atoms with Gasteiger partial charge < -0.3 is 5.73 Å². The number of rotatable bonds is 3. The average molecular weight is 225 g/mol. The second kappa shape index (κ2) is 4.75. The van der Waals surface area contributed by atoms with E-state index in [0.29, 0.717) is 18.8 Å². The molecular formula is C10H15N3OS. The number of allylic oxidation sites excluding steroid dienone is 3. The lowest BCUT2D eigenvalue weighted by Gasteiger charge is -2.17. The topological polar surface area (TPSA) is 49.6 Å². The predicted molar refractivity (Wildman–Crippen MR) is 66.2 cm³/mol. The zero-order valence-electron chi connectivity index (χ0n) is 8.35. The van der Waals surface area contributed by atoms with Crippen LogP contribution in [0.4, 0.5) is 4.79 Å². The molecule has 5 heteroatoms. The zero-order chi connectivity index (χ0) is 11.4. The summed E-state index contributed by atoms with van der Waals surface area (Å²) in [6.45, 7) is 8.28. The highest BCUT2D eigenvalue weighted by Gasteiger charge is 2.31. The molecule has 1 aliphatic rings. The Bertz CT molecular complexity index is 354. The molecule has 1 saturated heterocycles. The highest BCUT2D eigenvalue weighted by Crippen LogP contribution is 2.15. The molecule has 0 unspecified atom stereocenters. The third kappa shape index (κ3) is 2.24. The van der Waals surface area contributed by atoms with Gasteiger partial charge in [-0.05, 0) is 24.4 Å². The number of hydrogen-bond donors (Lipinski definition) is 1. The third-order valence-corrected chi connectivity index (χ3v) is 2.30. The molecule has 82 valence electrons. The van der Waals surface area contributed by atoms with Crippen molar-refractivity contribution < 1.29 is 6.22 Å². The number of nitrogens with two attached hydrogens (primary N) is 1. The van der Waals surface area contributed by atoms with Crippen molar-refractivity contribution in [3.8, 4) is 0 Å². The predicted octanol–water partition coefficient (Wildman–Crippen LogP) is 1.47. The number of amides is 2. The Hall–Kier alpha value is -1.62. The molecule has 1 heterocycles. The normalized spacial score (nSPS) is 16.8. The Balaban J connectivity index is 0.00000225. The minimum Gasteiger partial charge on any atom is -0.376 e. The first kappa shape index (κ1) is 11.5. The number of urea groups is 1. The summed E-state index contributed by atoms with van der Waals surface area (Å²) in [5.41, 5.74) is 6.11. The summed E-state index contributed by atoms with van der Waals surface area (Å²) in [7, 11) is 0. The molecule has 0 radical (unpaired) electrons. The van der Waals surface area contributed by atoms with Crippen molar-refractivity contribution in [1.29, 1.82) is 0 Å². The molecular weight excluding hydrogens is 210 g/mol. The fourth-order valence-corrected chi connectivity index (χ4v) is 1.54. The van der Waals surface area contributed by atoms with Crippen molar-refractivity contribution in [2.45, 2.75) is 0 Å². The van der Waals surface area contributed by atoms with Gasteiger partial charge in [0.25, 0.3) is 0 Å². The van der Waals surface area contributed by atoms with Gasteiger partial charge in [0.05, 0.1) is 0 Å². The van der Waals surface area contributed by atoms with Gasteiger partial charge in [0.15, 0.2) is 5.11 Å². The molecule has 2 amide bonds. The lowest BCUT2D eigenvalue weighted by molar-refractivity contribution is 0.215. The smallest absolute Gasteiger partial charge is 0.330 e. The zero-order valence-corrected chi connectivity index (χ0v) is 9.17. The van der Waals surface area contributed by atoms with Gasteiger partial charge in [-0.25, -0.2) is 4.79 Å². The molecule has 15 heavy (non-hydrogen) atoms. The van der Waals surface area contributed by atoms with Gasteiger partial charge in [0, 0.05) is 20.2 Å². The minimum absolute atomic E-state index is 0. The molecule has 0 atom stereocenters. The van der Waals surface area contributed by atoms with Crippen LogP contribution in [0.5, 0.6) is 0 Å². The SMILES string of the molecule is C=C/C=C(\C=C)N1CCN(C(N)=S)C1=O.[HH]. The highest BCUT2D eigenvalue weighted by atomic mass is 32.1. The summed E-state index contributed by atoms with van der Waals surface area (Å²) >= 11 is 4.76. The van der Waals surface area contributed by atoms with Gasteiger partial charge in [-0.1, -0.05) is 19.2 Å². The van der Waals surface area contributed by atoms with Gasteiger partial charge in [-0.3, -0.25) is 9.80 Å². The molecule has 4 nitrogen and oxygen atoms in total. The van der Waals surface area contributed by atoms with E-state index in [-0.39, 0.29) is 12.6 Å². The summed E-state index contributed by atoms with van der Waals surface area (Å²) < 4.78 is 0. The van der Waals surface area contributed by atoms with E-state index in [9.17, 15) is 4.79 Å². The van der Waals surface area contributed by atoms with E-state index in [1.54, 1.807) is 23.1 Å². The van der Waals surface area contributed by atoms with Crippen molar-refractivity contribution in [2.24, 2.45) is 5.73 Å². The Morgan fingerprint density at radius 1 is 1.47 bits per heavy atom. The van der Waals surface area contributed by atoms with Gasteiger partial charge in [-0.2, -0.15) is 0 Å². The number of hydrogen-bond acceptors (Lipinski definition) is 2. The second-order valence-electron chi connectivity index (χ2n) is 2.96. The second-order valence-corrected chi connectivity index (χ2v) is 3.37. The summed E-state index contributed by atoms with van der Waals surface area (Å²) in [5.74, 6) is 0. The van der Waals surface area contributed by atoms with Crippen molar-refractivity contribution in [3.05, 3.63) is 37.1 Å². The first-order valence-corrected chi connectivity index (χ1v) is 4.86. The van der Waals surface area contributed by atoms with E-state index in [4.69, 9.17) is 18.0 Å². The van der Waals surface area contributed by atoms with Crippen LogP contribution in [0.15, 0.2) is 37.1 Å². The Kier molecular flexibility index (Phi) is 3.62. The fraction of sp³-hybridized carbons (Fsp3) is 0.200. The highest BCUT2D eigenvalue weighted by molar-refractivity contribution is 7.80. The lowest BCUT2D eigenvalue weighted by Crippen LogP contribution is -2.38. The van der Waals surface area contributed by atoms with Crippen LogP contribution in [0.1, 0.15) is 1.43 Å². The van der Waals surface area contributed by atoms with Gasteiger partial charge in [0.2, 0.25) is 0 Å². The van der Waals surface area contributed by atoms with Crippen molar-refractivity contribution >= 4 is 23.4 Å². The molecule has 0 bridgehead atoms. The quantitative estimate of drug-likeness (QED) is 0.584. The molecule has 0 aromatic heterocycles. The minimum atomic E-state index is -0.212. The largest absolute Gasteiger partial charge is 0.376 e. The van der Waals surface area contributed by atoms with Crippen molar-refractivity contribution in [1.82, 2.24) is 9.80 Å². The Morgan fingerprint density at radius 2 is 2.07 bits per heavy atom. The summed E-state index contributed by atoms with van der Waals surface area (Å²) in [5, 5.41) is 0.101. The van der Waals surface area contributed by atoms with Crippen LogP contribution in [0.2, 0.25) is 0 Å². The molecule has 0 aromatic rings. The molecule has 0 aromatic carbocycles. The van der Waals surface area contributed by atoms with E-state index in [0.717, 1.165) is 0 Å². The molecule has 1 fully saturated rings. The molecule has 0 saturated carbocycles. The van der Waals surface area contributed by atoms with Gasteiger partial charge >= 0.3 is 6.03 Å². The average Bonchev–Trinajstić information content (AvgIpc) is 2.57. The van der Waals surface area contributed by atoms with Crippen LogP contribution in [-0.4, -0.2) is 34.0 Å². The number of thiocarbonyl (C=S) groups is 1. The van der Waals surface area contributed by atoms with Crippen LogP contribution < -0.4 is 5.73 Å². The van der Waals surface area contributed by atoms with Gasteiger partial charge in [-0.15, -0.1) is 0 Å². The first-order chi connectivity index (χ1) is 7.11. The fourth-order valence-electron chi connectivity index (χ4n) is 1.37. The number of carbonyl (C=O) groups excluding carboxylic acids is 1. The van der Waals surface area contributed by atoms with Crippen LogP contribution in [0.25, 0.3) is 0 Å². The maximum atomic E-state index is 11.8. The number of nitrogens with zero attached hydrogens (tertiary/aromatic N) is 2. The van der Waals surface area contributed by atoms with Crippen molar-refractivity contribution in [3.63, 3.8) is 0 Å². The third-order valence-electron chi connectivity index (χ3n) is 2.08. The van der Waals surface area contributed by atoms with Crippen molar-refractivity contribution in [2.75, 3.05) is 13.1 Å². The van der Waals surface area contributed by atoms with Gasteiger partial charge in [0.1, 0.15) is 0 Å². The van der Waals surface area contributed by atoms with Crippen LogP contribution in [-0.2, 0) is 0 Å². The maximum absolute atomic E-state index is 11.8. The maximum Gasteiger partial charge on any atom is 0.330 e. The molecule has 0 spiro atoms. The summed E-state index contributed by atoms with van der Waals surface area (Å²) in [6, 6.07) is -0.212. The lowest BCUT2D eigenvalue weighted by atomic mass is 10.3. The van der Waals surface area contributed by atoms with Crippen LogP contribution in [0, 0.1) is 0 Å². The summed E-state index contributed by atoms with van der Waals surface area (Å²) in [6.07, 6.45) is 4.92. The number of carbonyl (C=O) groups is 1. The molecule has 2 N–H and O–H groups in total. The van der Waals surface area contributed by atoms with E-state index < -0.39 is 0 Å². The standard InChI is InChI=1S/C10H13N3OS.H2/c1-3-5-8(4-2)12-6-7-13(9(11)15)10(12)14;/h3-5H,1-2,6-7H2,(H2,11,15);1H/b8-5+;.